The Balaban J connectivity index is 1.68. The van der Waals surface area contributed by atoms with Crippen LogP contribution in [-0.2, 0) is 23.9 Å². The molecule has 2 saturated carbocycles. The van der Waals surface area contributed by atoms with Crippen molar-refractivity contribution in [3.63, 3.8) is 0 Å². The topological polar surface area (TPSA) is 69.7 Å². The number of fused-ring (bicyclic) bond motifs is 5. The van der Waals surface area contributed by atoms with Gasteiger partial charge in [0.25, 0.3) is 0 Å². The lowest BCUT2D eigenvalue weighted by Crippen LogP contribution is -2.58. The molecule has 4 rings (SSSR count). The first kappa shape index (κ1) is 24.2. The standard InChI is InChI=1S/C28H40O5/c1-7-8-25(31)32-20-9-12-26(5)22-10-13-27(6)23(21(22)15-17(2)24(26)16-20)11-14-28(27,18(3)29)33-19(4)30/h15-16,20-23H,7-14H2,1-6H3/t20?,21-,22+,23+,26-,27+,28+/m1/s1. The highest BCUT2D eigenvalue weighted by molar-refractivity contribution is 5.89. The van der Waals surface area contributed by atoms with Gasteiger partial charge in [0.15, 0.2) is 11.4 Å². The number of esters is 2. The number of Topliss-reactive ketones (excluding diaryl/α,β-unsaturated/α-hetero) is 1. The summed E-state index contributed by atoms with van der Waals surface area (Å²) in [5, 5.41) is 0. The molecule has 33 heavy (non-hydrogen) atoms. The summed E-state index contributed by atoms with van der Waals surface area (Å²) in [6, 6.07) is 0. The molecule has 182 valence electrons. The molecular formula is C28H40O5. The van der Waals surface area contributed by atoms with E-state index in [2.05, 4.69) is 32.9 Å². The van der Waals surface area contributed by atoms with Crippen molar-refractivity contribution in [2.24, 2.45) is 28.6 Å². The summed E-state index contributed by atoms with van der Waals surface area (Å²) in [6.07, 6.45) is 11.0. The molecule has 5 heteroatoms. The summed E-state index contributed by atoms with van der Waals surface area (Å²) in [6.45, 7) is 11.8. The van der Waals surface area contributed by atoms with Crippen LogP contribution in [0.4, 0.5) is 0 Å². The van der Waals surface area contributed by atoms with Crippen LogP contribution in [0.25, 0.3) is 0 Å². The minimum Gasteiger partial charge on any atom is -0.458 e. The molecule has 2 fully saturated rings. The largest absolute Gasteiger partial charge is 0.458 e. The molecule has 4 aliphatic carbocycles. The van der Waals surface area contributed by atoms with Crippen LogP contribution in [-0.4, -0.2) is 29.4 Å². The zero-order chi connectivity index (χ0) is 24.2. The van der Waals surface area contributed by atoms with Gasteiger partial charge in [0, 0.05) is 18.8 Å². The molecule has 0 saturated heterocycles. The van der Waals surface area contributed by atoms with Gasteiger partial charge >= 0.3 is 11.9 Å². The second-order valence-electron chi connectivity index (χ2n) is 11.4. The van der Waals surface area contributed by atoms with E-state index in [1.807, 2.05) is 6.92 Å². The van der Waals surface area contributed by atoms with Gasteiger partial charge in [-0.3, -0.25) is 14.4 Å². The molecule has 0 heterocycles. The van der Waals surface area contributed by atoms with Crippen LogP contribution in [0, 0.1) is 28.6 Å². The Labute approximate surface area is 198 Å². The molecule has 0 aromatic heterocycles. The van der Waals surface area contributed by atoms with E-state index in [1.165, 1.54) is 18.1 Å². The highest BCUT2D eigenvalue weighted by Gasteiger charge is 2.67. The maximum absolute atomic E-state index is 12.9. The van der Waals surface area contributed by atoms with Gasteiger partial charge in [0.1, 0.15) is 6.10 Å². The van der Waals surface area contributed by atoms with Crippen LogP contribution < -0.4 is 0 Å². The van der Waals surface area contributed by atoms with Gasteiger partial charge in [0.05, 0.1) is 0 Å². The third-order valence-electron chi connectivity index (χ3n) is 9.68. The molecule has 1 unspecified atom stereocenters. The molecule has 0 spiro atoms. The highest BCUT2D eigenvalue weighted by atomic mass is 16.6. The van der Waals surface area contributed by atoms with Crippen molar-refractivity contribution < 1.29 is 23.9 Å². The van der Waals surface area contributed by atoms with E-state index in [1.54, 1.807) is 6.92 Å². The van der Waals surface area contributed by atoms with Crippen molar-refractivity contribution in [2.45, 2.75) is 105 Å². The summed E-state index contributed by atoms with van der Waals surface area (Å²) < 4.78 is 11.6. The number of allylic oxidation sites excluding steroid dienone is 3. The van der Waals surface area contributed by atoms with Crippen molar-refractivity contribution >= 4 is 17.7 Å². The van der Waals surface area contributed by atoms with Crippen LogP contribution >= 0.6 is 0 Å². The third-order valence-corrected chi connectivity index (χ3v) is 9.68. The molecule has 4 aliphatic rings. The number of hydrogen-bond acceptors (Lipinski definition) is 5. The predicted molar refractivity (Wildman–Crippen MR) is 126 cm³/mol. The van der Waals surface area contributed by atoms with Gasteiger partial charge in [0.2, 0.25) is 0 Å². The number of carbonyl (C=O) groups is 3. The van der Waals surface area contributed by atoms with E-state index in [0.717, 1.165) is 38.5 Å². The fraction of sp³-hybridized carbons (Fsp3) is 0.750. The molecule has 0 aliphatic heterocycles. The van der Waals surface area contributed by atoms with E-state index in [0.29, 0.717) is 30.6 Å². The van der Waals surface area contributed by atoms with Gasteiger partial charge in [-0.25, -0.2) is 0 Å². The predicted octanol–water partition coefficient (Wildman–Crippen LogP) is 5.72. The van der Waals surface area contributed by atoms with Crippen LogP contribution in [0.2, 0.25) is 0 Å². The fourth-order valence-corrected chi connectivity index (χ4v) is 8.14. The Morgan fingerprint density at radius 2 is 1.70 bits per heavy atom. The molecule has 0 radical (unpaired) electrons. The summed E-state index contributed by atoms with van der Waals surface area (Å²) in [7, 11) is 0. The molecule has 5 nitrogen and oxygen atoms in total. The normalized spacial score (nSPS) is 41.6. The Hall–Kier alpha value is -1.91. The van der Waals surface area contributed by atoms with E-state index in [9.17, 15) is 14.4 Å². The molecule has 0 N–H and O–H groups in total. The Bertz CT molecular complexity index is 915. The lowest BCUT2D eigenvalue weighted by molar-refractivity contribution is -0.185. The van der Waals surface area contributed by atoms with Gasteiger partial charge < -0.3 is 9.47 Å². The smallest absolute Gasteiger partial charge is 0.306 e. The van der Waals surface area contributed by atoms with Gasteiger partial charge in [-0.15, -0.1) is 0 Å². The zero-order valence-corrected chi connectivity index (χ0v) is 21.2. The molecule has 0 aromatic carbocycles. The minimum absolute atomic E-state index is 0.0149. The quantitative estimate of drug-likeness (QED) is 0.495. The summed E-state index contributed by atoms with van der Waals surface area (Å²) >= 11 is 0. The van der Waals surface area contributed by atoms with Crippen LogP contribution in [0.15, 0.2) is 23.3 Å². The first-order valence-corrected chi connectivity index (χ1v) is 12.8. The second kappa shape index (κ2) is 8.39. The summed E-state index contributed by atoms with van der Waals surface area (Å²) in [5.74, 6) is 0.674. The van der Waals surface area contributed by atoms with Crippen molar-refractivity contribution in [3.05, 3.63) is 23.3 Å². The van der Waals surface area contributed by atoms with Gasteiger partial charge in [-0.1, -0.05) is 32.4 Å². The zero-order valence-electron chi connectivity index (χ0n) is 21.2. The van der Waals surface area contributed by atoms with Crippen LogP contribution in [0.3, 0.4) is 0 Å². The number of ketones is 1. The lowest BCUT2D eigenvalue weighted by Gasteiger charge is -2.58. The molecule has 0 aromatic rings. The SMILES string of the molecule is CCCC(=O)OC1C=C2C(C)=C[C@@H]3[C@H](CC[C@@]4(C)[C@H]3CC[C@]4(OC(C)=O)C(C)=O)[C@@]2(C)CC1. The van der Waals surface area contributed by atoms with Crippen LogP contribution in [0.5, 0.6) is 0 Å². The molecule has 0 amide bonds. The lowest BCUT2D eigenvalue weighted by atomic mass is 9.47. The van der Waals surface area contributed by atoms with E-state index in [-0.39, 0.29) is 34.7 Å². The summed E-state index contributed by atoms with van der Waals surface area (Å²) in [4.78, 5) is 37.0. The average molecular weight is 457 g/mol. The molecule has 7 atom stereocenters. The number of rotatable bonds is 5. The monoisotopic (exact) mass is 456 g/mol. The van der Waals surface area contributed by atoms with E-state index in [4.69, 9.17) is 9.47 Å². The Morgan fingerprint density at radius 1 is 1.00 bits per heavy atom. The van der Waals surface area contributed by atoms with Gasteiger partial charge in [-0.05, 0) is 93.6 Å². The first-order chi connectivity index (χ1) is 15.5. The number of ether oxygens (including phenoxy) is 2. The number of hydrogen-bond donors (Lipinski definition) is 0. The minimum atomic E-state index is -1.00. The Kier molecular flexibility index (Phi) is 6.16. The number of carbonyl (C=O) groups excluding carboxylic acids is 3. The van der Waals surface area contributed by atoms with Crippen LogP contribution in [0.1, 0.15) is 92.9 Å². The molecule has 0 bridgehead atoms. The molecular weight excluding hydrogens is 416 g/mol. The van der Waals surface area contributed by atoms with Crippen molar-refractivity contribution in [1.82, 2.24) is 0 Å². The maximum Gasteiger partial charge on any atom is 0.306 e. The second-order valence-corrected chi connectivity index (χ2v) is 11.4. The average Bonchev–Trinajstić information content (AvgIpc) is 3.02. The van der Waals surface area contributed by atoms with E-state index < -0.39 is 5.60 Å². The first-order valence-electron chi connectivity index (χ1n) is 12.8. The maximum atomic E-state index is 12.9. The highest BCUT2D eigenvalue weighted by Crippen LogP contribution is 2.68. The summed E-state index contributed by atoms with van der Waals surface area (Å²) in [5.41, 5.74) is 1.31. The van der Waals surface area contributed by atoms with Gasteiger partial charge in [-0.2, -0.15) is 0 Å². The van der Waals surface area contributed by atoms with Crippen molar-refractivity contribution in [1.29, 1.82) is 0 Å². The Morgan fingerprint density at radius 3 is 2.33 bits per heavy atom. The van der Waals surface area contributed by atoms with Crippen molar-refractivity contribution in [2.75, 3.05) is 0 Å². The fourth-order valence-electron chi connectivity index (χ4n) is 8.14. The van der Waals surface area contributed by atoms with E-state index >= 15 is 0 Å². The van der Waals surface area contributed by atoms with Crippen molar-refractivity contribution in [3.8, 4) is 0 Å². The third kappa shape index (κ3) is 3.61.